The molecule has 0 N–H and O–H groups in total. The molecule has 3 rings (SSSR count). The Balaban J connectivity index is 1.36. The van der Waals surface area contributed by atoms with Gasteiger partial charge in [-0.15, -0.1) is 11.3 Å². The highest BCUT2D eigenvalue weighted by molar-refractivity contribution is 7.21. The summed E-state index contributed by atoms with van der Waals surface area (Å²) in [7, 11) is 0. The quantitative estimate of drug-likeness (QED) is 0.109. The lowest BCUT2D eigenvalue weighted by atomic mass is 10.0. The van der Waals surface area contributed by atoms with Gasteiger partial charge in [0.25, 0.3) is 0 Å². The Bertz CT molecular complexity index is 1050. The largest absolute Gasteiger partial charge is 0.371 e. The zero-order valence-corrected chi connectivity index (χ0v) is 24.4. The van der Waals surface area contributed by atoms with Crippen molar-refractivity contribution >= 4 is 27.2 Å². The first kappa shape index (κ1) is 29.6. The van der Waals surface area contributed by atoms with Crippen molar-refractivity contribution in [1.29, 1.82) is 0 Å². The smallest absolute Gasteiger partial charge is 0.180 e. The average molecular weight is 523 g/mol. The van der Waals surface area contributed by atoms with Crippen LogP contribution in [0.2, 0.25) is 0 Å². The zero-order valence-electron chi connectivity index (χ0n) is 23.6. The number of nitrogens with zero attached hydrogens (tertiary/aromatic N) is 2. The molecule has 0 spiro atoms. The maximum atomic E-state index is 11.8. The van der Waals surface area contributed by atoms with Crippen molar-refractivity contribution in [3.63, 3.8) is 0 Å². The summed E-state index contributed by atoms with van der Waals surface area (Å²) < 4.78 is 1.16. The van der Waals surface area contributed by atoms with E-state index in [0.29, 0.717) is 0 Å². The Morgan fingerprint density at radius 3 is 1.84 bits per heavy atom. The highest BCUT2D eigenvalue weighted by Gasteiger charge is 2.11. The summed E-state index contributed by atoms with van der Waals surface area (Å²) in [5, 5.41) is 0. The van der Waals surface area contributed by atoms with Crippen molar-refractivity contribution in [2.75, 3.05) is 18.0 Å². The molecular formula is C33H50N2OS. The van der Waals surface area contributed by atoms with Crippen LogP contribution >= 0.6 is 11.3 Å². The number of anilines is 1. The van der Waals surface area contributed by atoms with Crippen molar-refractivity contribution < 1.29 is 0 Å². The number of hydrogen-bond donors (Lipinski definition) is 0. The fourth-order valence-electron chi connectivity index (χ4n) is 5.18. The van der Waals surface area contributed by atoms with Gasteiger partial charge in [0, 0.05) is 24.8 Å². The average Bonchev–Trinajstić information content (AvgIpc) is 2.91. The maximum Gasteiger partial charge on any atom is 0.180 e. The molecule has 0 saturated heterocycles. The molecule has 204 valence electrons. The normalized spacial score (nSPS) is 11.5. The zero-order chi connectivity index (χ0) is 26.1. The van der Waals surface area contributed by atoms with Crippen LogP contribution in [-0.2, 0) is 0 Å². The van der Waals surface area contributed by atoms with E-state index in [0.717, 1.165) is 33.9 Å². The minimum atomic E-state index is 0.0544. The van der Waals surface area contributed by atoms with E-state index in [1.807, 2.05) is 6.07 Å². The van der Waals surface area contributed by atoms with Crippen LogP contribution in [0.3, 0.4) is 0 Å². The second kappa shape index (κ2) is 17.5. The van der Waals surface area contributed by atoms with Crippen molar-refractivity contribution in [1.82, 2.24) is 4.98 Å². The second-order valence-corrected chi connectivity index (χ2v) is 11.9. The van der Waals surface area contributed by atoms with Gasteiger partial charge in [-0.1, -0.05) is 110 Å². The van der Waals surface area contributed by atoms with Gasteiger partial charge < -0.3 is 4.90 Å². The van der Waals surface area contributed by atoms with Gasteiger partial charge in [0.05, 0.1) is 20.8 Å². The van der Waals surface area contributed by atoms with E-state index >= 15 is 0 Å². The second-order valence-electron chi connectivity index (χ2n) is 10.8. The van der Waals surface area contributed by atoms with Crippen LogP contribution < -0.4 is 10.3 Å². The fourth-order valence-corrected chi connectivity index (χ4v) is 6.21. The third-order valence-electron chi connectivity index (χ3n) is 7.51. The van der Waals surface area contributed by atoms with E-state index in [1.165, 1.54) is 115 Å². The summed E-state index contributed by atoms with van der Waals surface area (Å²) in [5.74, 6) is 0. The topological polar surface area (TPSA) is 33.2 Å². The molecule has 0 amide bonds. The molecule has 1 aromatic carbocycles. The fraction of sp³-hybridized carbons (Fsp3) is 0.636. The minimum absolute atomic E-state index is 0.0544. The molecule has 0 atom stereocenters. The van der Waals surface area contributed by atoms with Crippen LogP contribution in [0.15, 0.2) is 41.2 Å². The molecule has 0 fully saturated rings. The Hall–Kier alpha value is -1.94. The Labute approximate surface area is 230 Å². The summed E-state index contributed by atoms with van der Waals surface area (Å²) in [5.41, 5.74) is 3.27. The highest BCUT2D eigenvalue weighted by atomic mass is 32.1. The molecule has 1 aliphatic heterocycles. The molecule has 1 aromatic rings. The molecule has 1 aliphatic carbocycles. The summed E-state index contributed by atoms with van der Waals surface area (Å²) >= 11 is 1.68. The summed E-state index contributed by atoms with van der Waals surface area (Å²) in [6.45, 7) is 6.79. The van der Waals surface area contributed by atoms with Crippen molar-refractivity contribution in [3.05, 3.63) is 46.6 Å². The van der Waals surface area contributed by atoms with Crippen LogP contribution in [0, 0.1) is 0 Å². The molecule has 0 bridgehead atoms. The van der Waals surface area contributed by atoms with Gasteiger partial charge >= 0.3 is 0 Å². The third-order valence-corrected chi connectivity index (χ3v) is 8.61. The van der Waals surface area contributed by atoms with Crippen LogP contribution in [-0.4, -0.2) is 18.1 Å². The minimum Gasteiger partial charge on any atom is -0.371 e. The summed E-state index contributed by atoms with van der Waals surface area (Å²) in [4.78, 5) is 20.1. The Kier molecular flexibility index (Phi) is 14.0. The van der Waals surface area contributed by atoms with E-state index in [4.69, 9.17) is 4.98 Å². The predicted molar refractivity (Wildman–Crippen MR) is 165 cm³/mol. The molecule has 2 aliphatic rings. The van der Waals surface area contributed by atoms with Gasteiger partial charge in [-0.2, -0.15) is 0 Å². The Morgan fingerprint density at radius 2 is 1.22 bits per heavy atom. The molecule has 0 aromatic heterocycles. The van der Waals surface area contributed by atoms with Crippen molar-refractivity contribution in [2.24, 2.45) is 0 Å². The molecule has 1 heterocycles. The van der Waals surface area contributed by atoms with Crippen LogP contribution in [0.4, 0.5) is 5.69 Å². The van der Waals surface area contributed by atoms with E-state index in [9.17, 15) is 4.79 Å². The van der Waals surface area contributed by atoms with Gasteiger partial charge in [0.1, 0.15) is 0 Å². The maximum absolute atomic E-state index is 11.8. The van der Waals surface area contributed by atoms with E-state index in [1.54, 1.807) is 23.5 Å². The van der Waals surface area contributed by atoms with Crippen molar-refractivity contribution in [2.45, 2.75) is 123 Å². The number of rotatable bonds is 20. The molecular weight excluding hydrogens is 472 g/mol. The van der Waals surface area contributed by atoms with Gasteiger partial charge in [-0.3, -0.25) is 4.79 Å². The SMILES string of the molecule is CCCCCCCCCCCCCCCCCN(CCCC)c1ccc2nc3ccc(=O)cc-3sc2c1. The van der Waals surface area contributed by atoms with Gasteiger partial charge in [0.15, 0.2) is 5.43 Å². The molecule has 0 radical (unpaired) electrons. The summed E-state index contributed by atoms with van der Waals surface area (Å²) in [6, 6.07) is 11.8. The molecule has 3 nitrogen and oxygen atoms in total. The number of hydrogen-bond acceptors (Lipinski definition) is 4. The lowest BCUT2D eigenvalue weighted by molar-refractivity contribution is 0.531. The highest BCUT2D eigenvalue weighted by Crippen LogP contribution is 2.32. The first-order valence-electron chi connectivity index (χ1n) is 15.3. The van der Waals surface area contributed by atoms with Gasteiger partial charge in [-0.25, -0.2) is 4.98 Å². The Morgan fingerprint density at radius 1 is 0.649 bits per heavy atom. The van der Waals surface area contributed by atoms with Gasteiger partial charge in [0.2, 0.25) is 0 Å². The van der Waals surface area contributed by atoms with E-state index in [2.05, 4.69) is 36.9 Å². The molecule has 0 unspecified atom stereocenters. The number of fused-ring (bicyclic) bond motifs is 2. The first-order valence-corrected chi connectivity index (χ1v) is 16.1. The van der Waals surface area contributed by atoms with E-state index in [-0.39, 0.29) is 5.43 Å². The standard InChI is InChI=1S/C33H50N2OS/c1-3-5-7-8-9-10-11-12-13-14-15-16-17-18-19-25-35(24-6-4-2)28-20-22-30-32(26-28)37-33-27-29(36)21-23-31(33)34-30/h20-23,26-27H,3-19,24-25H2,1-2H3. The summed E-state index contributed by atoms with van der Waals surface area (Å²) in [6.07, 6.45) is 23.5. The number of benzene rings is 2. The third kappa shape index (κ3) is 10.8. The number of unbranched alkanes of at least 4 members (excludes halogenated alkanes) is 15. The van der Waals surface area contributed by atoms with Crippen LogP contribution in [0.1, 0.15) is 123 Å². The number of aromatic nitrogens is 1. The first-order chi connectivity index (χ1) is 18.2. The molecule has 0 saturated carbocycles. The lowest BCUT2D eigenvalue weighted by Gasteiger charge is -2.25. The lowest BCUT2D eigenvalue weighted by Crippen LogP contribution is -2.25. The van der Waals surface area contributed by atoms with Crippen molar-refractivity contribution in [3.8, 4) is 10.6 Å². The van der Waals surface area contributed by atoms with Crippen LogP contribution in [0.5, 0.6) is 0 Å². The van der Waals surface area contributed by atoms with Gasteiger partial charge in [-0.05, 0) is 43.2 Å². The predicted octanol–water partition coefficient (Wildman–Crippen LogP) is 10.2. The van der Waals surface area contributed by atoms with Crippen LogP contribution in [0.25, 0.3) is 20.8 Å². The monoisotopic (exact) mass is 522 g/mol. The molecule has 37 heavy (non-hydrogen) atoms. The molecule has 4 heteroatoms. The van der Waals surface area contributed by atoms with E-state index < -0.39 is 0 Å².